The van der Waals surface area contributed by atoms with E-state index in [1.165, 1.54) is 13.4 Å². The van der Waals surface area contributed by atoms with Crippen LogP contribution in [-0.2, 0) is 0 Å². The zero-order valence-electron chi connectivity index (χ0n) is 10.6. The van der Waals surface area contributed by atoms with Crippen LogP contribution < -0.4 is 20.1 Å². The predicted octanol–water partition coefficient (Wildman–Crippen LogP) is 2.94. The molecule has 2 aromatic rings. The quantitative estimate of drug-likeness (QED) is 0.888. The highest BCUT2D eigenvalue weighted by Crippen LogP contribution is 2.29. The summed E-state index contributed by atoms with van der Waals surface area (Å²) in [6, 6.07) is 8.01. The van der Waals surface area contributed by atoms with Crippen molar-refractivity contribution in [2.75, 3.05) is 24.9 Å². The number of nitrogens with one attached hydrogen (secondary N) is 2. The molecule has 19 heavy (non-hydrogen) atoms. The number of hydrogen-bond donors (Lipinski definition) is 2. The maximum Gasteiger partial charge on any atom is 0.326 e. The number of hydrogen-bond acceptors (Lipinski definition) is 4. The van der Waals surface area contributed by atoms with Gasteiger partial charge >= 0.3 is 6.03 Å². The van der Waals surface area contributed by atoms with Crippen LogP contribution in [0.25, 0.3) is 0 Å². The van der Waals surface area contributed by atoms with E-state index in [9.17, 15) is 4.79 Å². The summed E-state index contributed by atoms with van der Waals surface area (Å²) in [6.45, 7) is 0. The van der Waals surface area contributed by atoms with Crippen LogP contribution >= 0.6 is 0 Å². The molecule has 100 valence electrons. The largest absolute Gasteiger partial charge is 0.497 e. The smallest absolute Gasteiger partial charge is 0.326 e. The van der Waals surface area contributed by atoms with E-state index in [1.54, 1.807) is 37.4 Å². The van der Waals surface area contributed by atoms with Gasteiger partial charge in [0, 0.05) is 12.1 Å². The second-order valence-corrected chi connectivity index (χ2v) is 3.62. The highest BCUT2D eigenvalue weighted by atomic mass is 16.5. The number of carbonyl (C=O) groups is 1. The summed E-state index contributed by atoms with van der Waals surface area (Å²) in [5, 5.41) is 5.21. The lowest BCUT2D eigenvalue weighted by Gasteiger charge is -2.11. The fourth-order valence-corrected chi connectivity index (χ4v) is 1.52. The Morgan fingerprint density at radius 1 is 1.16 bits per heavy atom. The van der Waals surface area contributed by atoms with Crippen LogP contribution in [0.15, 0.2) is 41.0 Å². The first kappa shape index (κ1) is 12.8. The first-order valence-electron chi connectivity index (χ1n) is 5.56. The maximum absolute atomic E-state index is 11.7. The van der Waals surface area contributed by atoms with Gasteiger partial charge in [0.15, 0.2) is 0 Å². The number of methoxy groups -OCH3 is 2. The number of rotatable bonds is 4. The Morgan fingerprint density at radius 2 is 2.00 bits per heavy atom. The fourth-order valence-electron chi connectivity index (χ4n) is 1.52. The monoisotopic (exact) mass is 262 g/mol. The second-order valence-electron chi connectivity index (χ2n) is 3.62. The average molecular weight is 262 g/mol. The van der Waals surface area contributed by atoms with Crippen molar-refractivity contribution in [2.45, 2.75) is 0 Å². The maximum atomic E-state index is 11.7. The number of urea groups is 1. The van der Waals surface area contributed by atoms with Crippen LogP contribution in [0, 0.1) is 0 Å². The number of amides is 2. The Hall–Kier alpha value is -2.63. The molecular weight excluding hydrogens is 248 g/mol. The molecular formula is C13H14N2O4. The highest BCUT2D eigenvalue weighted by molar-refractivity contribution is 5.99. The van der Waals surface area contributed by atoms with Gasteiger partial charge in [0.2, 0.25) is 5.88 Å². The van der Waals surface area contributed by atoms with Crippen LogP contribution in [-0.4, -0.2) is 20.3 Å². The topological polar surface area (TPSA) is 72.7 Å². The number of ether oxygens (including phenoxy) is 2. The van der Waals surface area contributed by atoms with Gasteiger partial charge in [-0.05, 0) is 18.2 Å². The number of carbonyl (C=O) groups excluding carboxylic acids is 1. The van der Waals surface area contributed by atoms with Gasteiger partial charge in [-0.1, -0.05) is 0 Å². The summed E-state index contributed by atoms with van der Waals surface area (Å²) in [4.78, 5) is 11.7. The van der Waals surface area contributed by atoms with Crippen molar-refractivity contribution >= 4 is 17.6 Å². The summed E-state index contributed by atoms with van der Waals surface area (Å²) in [7, 11) is 3.08. The van der Waals surface area contributed by atoms with Gasteiger partial charge in [-0.25, -0.2) is 4.79 Å². The van der Waals surface area contributed by atoms with Gasteiger partial charge in [0.1, 0.15) is 11.5 Å². The molecule has 0 bridgehead atoms. The van der Waals surface area contributed by atoms with E-state index in [-0.39, 0.29) is 0 Å². The number of furan rings is 1. The molecule has 2 N–H and O–H groups in total. The molecule has 0 saturated heterocycles. The molecule has 0 aliphatic heterocycles. The van der Waals surface area contributed by atoms with Gasteiger partial charge in [0.05, 0.1) is 26.2 Å². The van der Waals surface area contributed by atoms with Crippen LogP contribution in [0.3, 0.4) is 0 Å². The normalized spacial score (nSPS) is 9.79. The molecule has 6 heteroatoms. The average Bonchev–Trinajstić information content (AvgIpc) is 2.91. The van der Waals surface area contributed by atoms with E-state index >= 15 is 0 Å². The van der Waals surface area contributed by atoms with E-state index in [4.69, 9.17) is 13.9 Å². The van der Waals surface area contributed by atoms with E-state index in [0.29, 0.717) is 23.1 Å². The molecule has 1 heterocycles. The molecule has 2 rings (SSSR count). The SMILES string of the molecule is COc1ccc(NC(=O)Nc2ccco2)c(OC)c1. The van der Waals surface area contributed by atoms with Crippen molar-refractivity contribution in [1.29, 1.82) is 0 Å². The third-order valence-electron chi connectivity index (χ3n) is 2.41. The summed E-state index contributed by atoms with van der Waals surface area (Å²) >= 11 is 0. The minimum atomic E-state index is -0.418. The van der Waals surface area contributed by atoms with E-state index in [0.717, 1.165) is 0 Å². The summed E-state index contributed by atoms with van der Waals surface area (Å²) < 4.78 is 15.3. The van der Waals surface area contributed by atoms with Crippen LogP contribution in [0.1, 0.15) is 0 Å². The van der Waals surface area contributed by atoms with E-state index in [1.807, 2.05) is 0 Å². The molecule has 2 amide bonds. The zero-order valence-corrected chi connectivity index (χ0v) is 10.6. The summed E-state index contributed by atoms with van der Waals surface area (Å²) in [5.41, 5.74) is 0.535. The van der Waals surface area contributed by atoms with E-state index < -0.39 is 6.03 Å². The fraction of sp³-hybridized carbons (Fsp3) is 0.154. The van der Waals surface area contributed by atoms with Gasteiger partial charge in [0.25, 0.3) is 0 Å². The van der Waals surface area contributed by atoms with Gasteiger partial charge in [-0.15, -0.1) is 0 Å². The summed E-state index contributed by atoms with van der Waals surface area (Å²) in [5.74, 6) is 1.52. The minimum absolute atomic E-state index is 0.366. The van der Waals surface area contributed by atoms with E-state index in [2.05, 4.69) is 10.6 Å². The molecule has 0 saturated carbocycles. The second kappa shape index (κ2) is 5.81. The Kier molecular flexibility index (Phi) is 3.92. The molecule has 0 fully saturated rings. The van der Waals surface area contributed by atoms with Crippen molar-refractivity contribution in [3.63, 3.8) is 0 Å². The zero-order chi connectivity index (χ0) is 13.7. The Bertz CT molecular complexity index is 552. The Labute approximate surface area is 110 Å². The molecule has 1 aromatic carbocycles. The van der Waals surface area contributed by atoms with Crippen molar-refractivity contribution in [1.82, 2.24) is 0 Å². The molecule has 0 unspecified atom stereocenters. The predicted molar refractivity (Wildman–Crippen MR) is 70.9 cm³/mol. The Morgan fingerprint density at radius 3 is 2.63 bits per heavy atom. The molecule has 6 nitrogen and oxygen atoms in total. The molecule has 0 aliphatic carbocycles. The molecule has 0 spiro atoms. The standard InChI is InChI=1S/C13H14N2O4/c1-17-9-5-6-10(11(8-9)18-2)14-13(16)15-12-4-3-7-19-12/h3-8H,1-2H3,(H2,14,15,16). The highest BCUT2D eigenvalue weighted by Gasteiger charge is 2.09. The molecule has 1 aromatic heterocycles. The molecule has 0 aliphatic rings. The summed E-state index contributed by atoms with van der Waals surface area (Å²) in [6.07, 6.45) is 1.48. The lowest BCUT2D eigenvalue weighted by atomic mass is 10.2. The van der Waals surface area contributed by atoms with Gasteiger partial charge < -0.3 is 19.2 Å². The number of benzene rings is 1. The van der Waals surface area contributed by atoms with Crippen molar-refractivity contribution < 1.29 is 18.7 Å². The first-order chi connectivity index (χ1) is 9.22. The lowest BCUT2D eigenvalue weighted by Crippen LogP contribution is -2.19. The van der Waals surface area contributed by atoms with Crippen molar-refractivity contribution in [3.05, 3.63) is 36.6 Å². The third kappa shape index (κ3) is 3.19. The Balaban J connectivity index is 2.07. The van der Waals surface area contributed by atoms with Crippen molar-refractivity contribution in [3.8, 4) is 11.5 Å². The molecule has 0 radical (unpaired) electrons. The number of anilines is 2. The van der Waals surface area contributed by atoms with Crippen LogP contribution in [0.4, 0.5) is 16.4 Å². The minimum Gasteiger partial charge on any atom is -0.497 e. The van der Waals surface area contributed by atoms with Crippen LogP contribution in [0.2, 0.25) is 0 Å². The van der Waals surface area contributed by atoms with Crippen LogP contribution in [0.5, 0.6) is 11.5 Å². The lowest BCUT2D eigenvalue weighted by molar-refractivity contribution is 0.261. The van der Waals surface area contributed by atoms with Gasteiger partial charge in [-0.3, -0.25) is 5.32 Å². The first-order valence-corrected chi connectivity index (χ1v) is 5.56. The third-order valence-corrected chi connectivity index (χ3v) is 2.41. The van der Waals surface area contributed by atoms with Crippen molar-refractivity contribution in [2.24, 2.45) is 0 Å². The van der Waals surface area contributed by atoms with Gasteiger partial charge in [-0.2, -0.15) is 0 Å². The molecule has 0 atom stereocenters.